The third-order valence-electron chi connectivity index (χ3n) is 4.26. The van der Waals surface area contributed by atoms with Crippen LogP contribution in [0.3, 0.4) is 0 Å². The van der Waals surface area contributed by atoms with Gasteiger partial charge >= 0.3 is 0 Å². The molecule has 0 aromatic rings. The Morgan fingerprint density at radius 3 is 2.56 bits per heavy atom. The number of hydrogen-bond donors (Lipinski definition) is 1. The molecule has 1 N–H and O–H groups in total. The van der Waals surface area contributed by atoms with Gasteiger partial charge in [0.05, 0.1) is 0 Å². The molecule has 2 fully saturated rings. The number of rotatable bonds is 6. The molecule has 16 heavy (non-hydrogen) atoms. The van der Waals surface area contributed by atoms with Crippen LogP contribution in [0.1, 0.15) is 58.3 Å². The van der Waals surface area contributed by atoms with Gasteiger partial charge in [0, 0.05) is 18.6 Å². The minimum atomic E-state index is 0.789. The van der Waals surface area contributed by atoms with E-state index < -0.39 is 0 Å². The molecule has 0 spiro atoms. The predicted molar refractivity (Wildman–Crippen MR) is 69.8 cm³/mol. The second-order valence-corrected chi connectivity index (χ2v) is 5.58. The van der Waals surface area contributed by atoms with Crippen LogP contribution in [-0.4, -0.2) is 36.6 Å². The minimum absolute atomic E-state index is 0.789. The monoisotopic (exact) mass is 224 g/mol. The van der Waals surface area contributed by atoms with E-state index >= 15 is 0 Å². The predicted octanol–water partition coefficient (Wildman–Crippen LogP) is 2.78. The van der Waals surface area contributed by atoms with Gasteiger partial charge in [-0.2, -0.15) is 0 Å². The topological polar surface area (TPSA) is 15.3 Å². The first-order valence-corrected chi connectivity index (χ1v) is 7.37. The molecule has 1 saturated heterocycles. The Kier molecular flexibility index (Phi) is 5.11. The number of nitrogens with one attached hydrogen (secondary N) is 1. The fourth-order valence-corrected chi connectivity index (χ4v) is 3.25. The molecule has 0 amide bonds. The van der Waals surface area contributed by atoms with Gasteiger partial charge in [-0.05, 0) is 45.2 Å². The smallest absolute Gasteiger partial charge is 0.0195 e. The lowest BCUT2D eigenvalue weighted by Crippen LogP contribution is -2.42. The molecule has 1 aliphatic carbocycles. The Bertz CT molecular complexity index is 181. The van der Waals surface area contributed by atoms with E-state index in [0.717, 1.165) is 12.1 Å². The van der Waals surface area contributed by atoms with Crippen molar-refractivity contribution in [1.82, 2.24) is 10.2 Å². The summed E-state index contributed by atoms with van der Waals surface area (Å²) >= 11 is 0. The molecule has 2 nitrogen and oxygen atoms in total. The lowest BCUT2D eigenvalue weighted by Gasteiger charge is -2.31. The molecule has 0 aromatic carbocycles. The SMILES string of the molecule is CCCCN(CC1CCCN1)C1CCCC1. The van der Waals surface area contributed by atoms with Crippen molar-refractivity contribution in [2.75, 3.05) is 19.6 Å². The summed E-state index contributed by atoms with van der Waals surface area (Å²) in [6.07, 6.45) is 11.3. The molecule has 1 aliphatic heterocycles. The van der Waals surface area contributed by atoms with Crippen LogP contribution in [0, 0.1) is 0 Å². The Balaban J connectivity index is 1.80. The molecule has 2 aliphatic rings. The van der Waals surface area contributed by atoms with Crippen molar-refractivity contribution in [1.29, 1.82) is 0 Å². The van der Waals surface area contributed by atoms with Gasteiger partial charge in [0.15, 0.2) is 0 Å². The van der Waals surface area contributed by atoms with Crippen LogP contribution in [0.15, 0.2) is 0 Å². The van der Waals surface area contributed by atoms with E-state index in [9.17, 15) is 0 Å². The highest BCUT2D eigenvalue weighted by Crippen LogP contribution is 2.24. The summed E-state index contributed by atoms with van der Waals surface area (Å²) in [6, 6.07) is 1.70. The number of unbranched alkanes of at least 4 members (excludes halogenated alkanes) is 1. The van der Waals surface area contributed by atoms with Gasteiger partial charge in [0.2, 0.25) is 0 Å². The molecular formula is C14H28N2. The van der Waals surface area contributed by atoms with E-state index in [1.54, 1.807) is 0 Å². The molecule has 1 unspecified atom stereocenters. The van der Waals surface area contributed by atoms with E-state index in [0.29, 0.717) is 0 Å². The highest BCUT2D eigenvalue weighted by molar-refractivity contribution is 4.83. The van der Waals surface area contributed by atoms with Crippen LogP contribution < -0.4 is 5.32 Å². The van der Waals surface area contributed by atoms with Crippen molar-refractivity contribution in [2.45, 2.75) is 70.4 Å². The van der Waals surface area contributed by atoms with Gasteiger partial charge in [-0.25, -0.2) is 0 Å². The van der Waals surface area contributed by atoms with E-state index in [2.05, 4.69) is 17.1 Å². The highest BCUT2D eigenvalue weighted by atomic mass is 15.2. The Morgan fingerprint density at radius 2 is 1.94 bits per heavy atom. The van der Waals surface area contributed by atoms with Gasteiger partial charge in [-0.3, -0.25) is 4.90 Å². The Hall–Kier alpha value is -0.0800. The zero-order valence-electron chi connectivity index (χ0n) is 10.9. The summed E-state index contributed by atoms with van der Waals surface area (Å²) < 4.78 is 0. The first kappa shape index (κ1) is 12.4. The van der Waals surface area contributed by atoms with Crippen LogP contribution in [-0.2, 0) is 0 Å². The van der Waals surface area contributed by atoms with Gasteiger partial charge < -0.3 is 5.32 Å². The molecule has 1 atom stereocenters. The first-order chi connectivity index (χ1) is 7.90. The third-order valence-corrected chi connectivity index (χ3v) is 4.26. The zero-order chi connectivity index (χ0) is 11.2. The van der Waals surface area contributed by atoms with Gasteiger partial charge in [-0.1, -0.05) is 26.2 Å². The average molecular weight is 224 g/mol. The van der Waals surface area contributed by atoms with Crippen LogP contribution in [0.4, 0.5) is 0 Å². The Morgan fingerprint density at radius 1 is 1.12 bits per heavy atom. The van der Waals surface area contributed by atoms with Crippen LogP contribution in [0.2, 0.25) is 0 Å². The summed E-state index contributed by atoms with van der Waals surface area (Å²) in [4.78, 5) is 2.79. The van der Waals surface area contributed by atoms with E-state index in [1.165, 1.54) is 71.0 Å². The van der Waals surface area contributed by atoms with Crippen molar-refractivity contribution < 1.29 is 0 Å². The lowest BCUT2D eigenvalue weighted by atomic mass is 10.1. The minimum Gasteiger partial charge on any atom is -0.313 e. The Labute approximate surface area is 101 Å². The van der Waals surface area contributed by atoms with Crippen LogP contribution in [0.5, 0.6) is 0 Å². The molecule has 0 bridgehead atoms. The van der Waals surface area contributed by atoms with Gasteiger partial charge in [0.25, 0.3) is 0 Å². The van der Waals surface area contributed by atoms with Crippen molar-refractivity contribution in [2.24, 2.45) is 0 Å². The molecule has 2 heteroatoms. The molecular weight excluding hydrogens is 196 g/mol. The zero-order valence-corrected chi connectivity index (χ0v) is 10.9. The standard InChI is InChI=1S/C14H28N2/c1-2-3-11-16(14-8-4-5-9-14)12-13-7-6-10-15-13/h13-15H,2-12H2,1H3. The van der Waals surface area contributed by atoms with Crippen LogP contribution in [0.25, 0.3) is 0 Å². The molecule has 2 rings (SSSR count). The number of nitrogens with zero attached hydrogens (tertiary/aromatic N) is 1. The van der Waals surface area contributed by atoms with Crippen molar-refractivity contribution in [3.05, 3.63) is 0 Å². The van der Waals surface area contributed by atoms with Gasteiger partial charge in [0.1, 0.15) is 0 Å². The summed E-state index contributed by atoms with van der Waals surface area (Å²) in [5.74, 6) is 0. The van der Waals surface area contributed by atoms with Gasteiger partial charge in [-0.15, -0.1) is 0 Å². The number of hydrogen-bond acceptors (Lipinski definition) is 2. The van der Waals surface area contributed by atoms with Crippen molar-refractivity contribution in [3.8, 4) is 0 Å². The molecule has 0 aromatic heterocycles. The van der Waals surface area contributed by atoms with Crippen LogP contribution >= 0.6 is 0 Å². The summed E-state index contributed by atoms with van der Waals surface area (Å²) in [6.45, 7) is 6.20. The average Bonchev–Trinajstić information content (AvgIpc) is 2.96. The largest absolute Gasteiger partial charge is 0.313 e. The molecule has 0 radical (unpaired) electrons. The van der Waals surface area contributed by atoms with Crippen molar-refractivity contribution in [3.63, 3.8) is 0 Å². The molecule has 94 valence electrons. The second kappa shape index (κ2) is 6.61. The second-order valence-electron chi connectivity index (χ2n) is 5.58. The maximum atomic E-state index is 3.65. The van der Waals surface area contributed by atoms with E-state index in [1.807, 2.05) is 0 Å². The normalized spacial score (nSPS) is 27.0. The first-order valence-electron chi connectivity index (χ1n) is 7.37. The lowest BCUT2D eigenvalue weighted by molar-refractivity contribution is 0.179. The fraction of sp³-hybridized carbons (Fsp3) is 1.00. The molecule has 1 heterocycles. The maximum absolute atomic E-state index is 3.65. The fourth-order valence-electron chi connectivity index (χ4n) is 3.25. The van der Waals surface area contributed by atoms with E-state index in [-0.39, 0.29) is 0 Å². The summed E-state index contributed by atoms with van der Waals surface area (Å²) in [5.41, 5.74) is 0. The third kappa shape index (κ3) is 3.46. The maximum Gasteiger partial charge on any atom is 0.0195 e. The van der Waals surface area contributed by atoms with E-state index in [4.69, 9.17) is 0 Å². The molecule has 1 saturated carbocycles. The summed E-state index contributed by atoms with van der Waals surface area (Å²) in [5, 5.41) is 3.65. The highest BCUT2D eigenvalue weighted by Gasteiger charge is 2.25. The summed E-state index contributed by atoms with van der Waals surface area (Å²) in [7, 11) is 0. The van der Waals surface area contributed by atoms with Crippen molar-refractivity contribution >= 4 is 0 Å². The quantitative estimate of drug-likeness (QED) is 0.746.